The van der Waals surface area contributed by atoms with Gasteiger partial charge in [-0.2, -0.15) is 0 Å². The summed E-state index contributed by atoms with van der Waals surface area (Å²) in [5.74, 6) is -0.0709. The highest BCUT2D eigenvalue weighted by Gasteiger charge is 2.23. The van der Waals surface area contributed by atoms with Gasteiger partial charge in [-0.3, -0.25) is 9.59 Å². The molecule has 1 aromatic heterocycles. The number of hydrogen-bond acceptors (Lipinski definition) is 3. The van der Waals surface area contributed by atoms with Crippen molar-refractivity contribution in [2.75, 3.05) is 13.1 Å². The average molecular weight is 277 g/mol. The van der Waals surface area contributed by atoms with Crippen molar-refractivity contribution in [2.45, 2.75) is 45.2 Å². The van der Waals surface area contributed by atoms with E-state index >= 15 is 0 Å². The normalized spacial score (nSPS) is 19.1. The summed E-state index contributed by atoms with van der Waals surface area (Å²) in [5.41, 5.74) is 0.216. The van der Waals surface area contributed by atoms with Gasteiger partial charge in [-0.15, -0.1) is 0 Å². The topological polar surface area (TPSA) is 65.2 Å². The number of nitrogens with zero attached hydrogens (tertiary/aromatic N) is 1. The fourth-order valence-corrected chi connectivity index (χ4v) is 2.59. The maximum atomic E-state index is 12.6. The van der Waals surface area contributed by atoms with E-state index in [1.165, 1.54) is 25.1 Å². The van der Waals surface area contributed by atoms with Gasteiger partial charge in [0.2, 0.25) is 5.56 Å². The first-order chi connectivity index (χ1) is 9.58. The summed E-state index contributed by atoms with van der Waals surface area (Å²) < 4.78 is 0. The van der Waals surface area contributed by atoms with Gasteiger partial charge in [-0.25, -0.2) is 0 Å². The molecule has 20 heavy (non-hydrogen) atoms. The van der Waals surface area contributed by atoms with E-state index in [-0.39, 0.29) is 17.5 Å². The van der Waals surface area contributed by atoms with E-state index in [0.29, 0.717) is 18.2 Å². The van der Waals surface area contributed by atoms with Crippen LogP contribution in [-0.4, -0.2) is 41.0 Å². The molecular formula is C15H23N3O2. The van der Waals surface area contributed by atoms with Crippen LogP contribution in [0.4, 0.5) is 0 Å². The van der Waals surface area contributed by atoms with Crippen LogP contribution in [0.2, 0.25) is 0 Å². The van der Waals surface area contributed by atoms with E-state index in [9.17, 15) is 9.59 Å². The van der Waals surface area contributed by atoms with Crippen LogP contribution < -0.4 is 10.9 Å². The zero-order valence-electron chi connectivity index (χ0n) is 12.2. The van der Waals surface area contributed by atoms with Crippen molar-refractivity contribution < 1.29 is 4.79 Å². The number of hydrogen-bond donors (Lipinski definition) is 2. The third kappa shape index (κ3) is 3.70. The van der Waals surface area contributed by atoms with Crippen LogP contribution >= 0.6 is 0 Å². The predicted octanol–water partition coefficient (Wildman–Crippen LogP) is 1.37. The molecule has 2 rings (SSSR count). The first kappa shape index (κ1) is 14.8. The summed E-state index contributed by atoms with van der Waals surface area (Å²) in [7, 11) is 0. The lowest BCUT2D eigenvalue weighted by Gasteiger charge is -2.33. The minimum Gasteiger partial charge on any atom is -0.335 e. The van der Waals surface area contributed by atoms with Crippen molar-refractivity contribution in [2.24, 2.45) is 0 Å². The van der Waals surface area contributed by atoms with Crippen molar-refractivity contribution in [3.8, 4) is 0 Å². The van der Waals surface area contributed by atoms with Crippen molar-refractivity contribution in [3.05, 3.63) is 34.2 Å². The van der Waals surface area contributed by atoms with E-state index < -0.39 is 0 Å². The standard InChI is InChI=1S/C15H23N3O2/c1-11(2)18(10-13-5-3-4-7-16-13)15(20)12-6-8-17-14(19)9-12/h6,8-9,11,13,16H,3-5,7,10H2,1-2H3,(H,17,19). The van der Waals surface area contributed by atoms with Crippen LogP contribution in [-0.2, 0) is 0 Å². The lowest BCUT2D eigenvalue weighted by atomic mass is 10.0. The minimum absolute atomic E-state index is 0.0709. The van der Waals surface area contributed by atoms with Gasteiger partial charge in [0.05, 0.1) is 0 Å². The van der Waals surface area contributed by atoms with Gasteiger partial charge in [0.25, 0.3) is 5.91 Å². The van der Waals surface area contributed by atoms with Crippen LogP contribution in [0.15, 0.2) is 23.1 Å². The molecule has 1 aliphatic heterocycles. The Labute approximate surface area is 119 Å². The fourth-order valence-electron chi connectivity index (χ4n) is 2.59. The van der Waals surface area contributed by atoms with Crippen molar-refractivity contribution >= 4 is 5.91 Å². The molecule has 1 atom stereocenters. The average Bonchev–Trinajstić information content (AvgIpc) is 2.45. The summed E-state index contributed by atoms with van der Waals surface area (Å²) in [6.07, 6.45) is 5.04. The van der Waals surface area contributed by atoms with Crippen molar-refractivity contribution in [1.29, 1.82) is 0 Å². The smallest absolute Gasteiger partial charge is 0.254 e. The van der Waals surface area contributed by atoms with E-state index in [1.807, 2.05) is 18.7 Å². The summed E-state index contributed by atoms with van der Waals surface area (Å²) in [6, 6.07) is 3.50. The molecule has 2 N–H and O–H groups in total. The van der Waals surface area contributed by atoms with E-state index in [4.69, 9.17) is 0 Å². The fraction of sp³-hybridized carbons (Fsp3) is 0.600. The largest absolute Gasteiger partial charge is 0.335 e. The molecule has 0 saturated carbocycles. The first-order valence-corrected chi connectivity index (χ1v) is 7.31. The molecular weight excluding hydrogens is 254 g/mol. The number of piperidine rings is 1. The highest BCUT2D eigenvalue weighted by atomic mass is 16.2. The van der Waals surface area contributed by atoms with Crippen LogP contribution in [0.3, 0.4) is 0 Å². The SMILES string of the molecule is CC(C)N(CC1CCCCN1)C(=O)c1cc[nH]c(=O)c1. The van der Waals surface area contributed by atoms with Crippen LogP contribution in [0.25, 0.3) is 0 Å². The van der Waals surface area contributed by atoms with Gasteiger partial charge >= 0.3 is 0 Å². The Hall–Kier alpha value is -1.62. The first-order valence-electron chi connectivity index (χ1n) is 7.31. The van der Waals surface area contributed by atoms with E-state index in [1.54, 1.807) is 6.07 Å². The van der Waals surface area contributed by atoms with Crippen molar-refractivity contribution in [3.63, 3.8) is 0 Å². The van der Waals surface area contributed by atoms with Crippen molar-refractivity contribution in [1.82, 2.24) is 15.2 Å². The summed E-state index contributed by atoms with van der Waals surface area (Å²) in [4.78, 5) is 28.3. The molecule has 0 radical (unpaired) electrons. The highest BCUT2D eigenvalue weighted by Crippen LogP contribution is 2.13. The quantitative estimate of drug-likeness (QED) is 0.873. The molecule has 0 bridgehead atoms. The predicted molar refractivity (Wildman–Crippen MR) is 78.9 cm³/mol. The number of pyridine rings is 1. The Balaban J connectivity index is 2.11. The second kappa shape index (κ2) is 6.70. The minimum atomic E-state index is -0.240. The number of nitrogens with one attached hydrogen (secondary N) is 2. The molecule has 1 saturated heterocycles. The second-order valence-corrected chi connectivity index (χ2v) is 5.64. The van der Waals surface area contributed by atoms with Gasteiger partial charge < -0.3 is 15.2 Å². The number of rotatable bonds is 4. The summed E-state index contributed by atoms with van der Waals surface area (Å²) in [5, 5.41) is 3.46. The molecule has 0 aliphatic carbocycles. The summed E-state index contributed by atoms with van der Waals surface area (Å²) in [6.45, 7) is 5.74. The van der Waals surface area contributed by atoms with Gasteiger partial charge in [0.15, 0.2) is 0 Å². The van der Waals surface area contributed by atoms with Crippen LogP contribution in [0, 0.1) is 0 Å². The number of carbonyl (C=O) groups excluding carboxylic acids is 1. The number of amides is 1. The Morgan fingerprint density at radius 3 is 2.85 bits per heavy atom. The third-order valence-electron chi connectivity index (χ3n) is 3.74. The highest BCUT2D eigenvalue weighted by molar-refractivity contribution is 5.94. The second-order valence-electron chi connectivity index (χ2n) is 5.64. The lowest BCUT2D eigenvalue weighted by Crippen LogP contribution is -2.48. The number of H-pyrrole nitrogens is 1. The van der Waals surface area contributed by atoms with Gasteiger partial charge in [-0.1, -0.05) is 6.42 Å². The molecule has 1 unspecified atom stereocenters. The molecule has 1 aliphatic rings. The Morgan fingerprint density at radius 2 is 2.25 bits per heavy atom. The molecule has 2 heterocycles. The number of aromatic amines is 1. The molecule has 0 aromatic carbocycles. The lowest BCUT2D eigenvalue weighted by molar-refractivity contribution is 0.0676. The molecule has 1 amide bonds. The maximum absolute atomic E-state index is 12.6. The zero-order valence-corrected chi connectivity index (χ0v) is 12.2. The Kier molecular flexibility index (Phi) is 4.95. The molecule has 1 fully saturated rings. The monoisotopic (exact) mass is 277 g/mol. The molecule has 0 spiro atoms. The zero-order chi connectivity index (χ0) is 14.5. The molecule has 1 aromatic rings. The number of aromatic nitrogens is 1. The maximum Gasteiger partial charge on any atom is 0.254 e. The van der Waals surface area contributed by atoms with E-state index in [2.05, 4.69) is 10.3 Å². The molecule has 5 heteroatoms. The summed E-state index contributed by atoms with van der Waals surface area (Å²) >= 11 is 0. The Morgan fingerprint density at radius 1 is 1.45 bits per heavy atom. The Bertz CT molecular complexity index is 504. The van der Waals surface area contributed by atoms with Crippen LogP contribution in [0.5, 0.6) is 0 Å². The molecule has 110 valence electrons. The van der Waals surface area contributed by atoms with Crippen LogP contribution in [0.1, 0.15) is 43.5 Å². The number of carbonyl (C=O) groups is 1. The van der Waals surface area contributed by atoms with E-state index in [0.717, 1.165) is 13.0 Å². The molecule has 5 nitrogen and oxygen atoms in total. The van der Waals surface area contributed by atoms with Gasteiger partial charge in [-0.05, 0) is 39.3 Å². The van der Waals surface area contributed by atoms with Gasteiger partial charge in [0, 0.05) is 36.5 Å². The third-order valence-corrected chi connectivity index (χ3v) is 3.74. The van der Waals surface area contributed by atoms with Gasteiger partial charge in [0.1, 0.15) is 0 Å².